The van der Waals surface area contributed by atoms with Gasteiger partial charge in [-0.3, -0.25) is 4.79 Å². The maximum Gasteiger partial charge on any atom is 0.315 e. The Morgan fingerprint density at radius 3 is 2.01 bits per heavy atom. The molecule has 5 saturated heterocycles. The first-order chi connectivity index (χ1) is 37.9. The summed E-state index contributed by atoms with van der Waals surface area (Å²) in [6.07, 6.45) is -20.8. The fraction of sp³-hybridized carbons (Fsp3) is 0.947. The second-order valence-electron chi connectivity index (χ2n) is 27.9. The highest BCUT2D eigenvalue weighted by atomic mass is 16.8. The van der Waals surface area contributed by atoms with Crippen LogP contribution in [-0.2, 0) is 52.2 Å². The predicted octanol–water partition coefficient (Wildman–Crippen LogP) is -1.26. The summed E-state index contributed by atoms with van der Waals surface area (Å²) in [5.41, 5.74) is -2.97. The lowest BCUT2D eigenvalue weighted by Gasteiger charge is -2.71. The molecule has 5 aliphatic heterocycles. The molecule has 5 aliphatic carbocycles. The molecule has 5 heterocycles. The fourth-order valence-electron chi connectivity index (χ4n) is 17.0. The van der Waals surface area contributed by atoms with E-state index in [0.29, 0.717) is 32.1 Å². The van der Waals surface area contributed by atoms with Gasteiger partial charge in [-0.25, -0.2) is 0 Å². The van der Waals surface area contributed by atoms with Crippen LogP contribution in [0.15, 0.2) is 11.6 Å². The summed E-state index contributed by atoms with van der Waals surface area (Å²) in [5, 5.41) is 139. The van der Waals surface area contributed by atoms with Gasteiger partial charge < -0.3 is 114 Å². The Morgan fingerprint density at radius 1 is 0.642 bits per heavy atom. The minimum atomic E-state index is -1.99. The number of ether oxygens (including phenoxy) is 10. The van der Waals surface area contributed by atoms with Crippen LogP contribution in [0.5, 0.6) is 0 Å². The van der Waals surface area contributed by atoms with Crippen molar-refractivity contribution in [3.8, 4) is 0 Å². The molecule has 24 nitrogen and oxygen atoms in total. The summed E-state index contributed by atoms with van der Waals surface area (Å²) in [7, 11) is 0. The molecule has 0 aromatic rings. The molecular weight excluding hydrogens is 1070 g/mol. The Morgan fingerprint density at radius 2 is 1.31 bits per heavy atom. The Hall–Kier alpha value is -1.67. The number of fused-ring (bicyclic) bond motifs is 7. The molecule has 0 bridgehead atoms. The molecular formula is C57H92O24. The SMILES string of the molecule is C[C@@H]1O[C@@H](O[C@H]2[C@H](O[C@H]3CC[C@]4(C)[C@H]5CC=C6[C@@H]7CC(C)(C)CC[C@]7(C(=O)O[C@@H]7O[C@H](CO[C@H]8OC[C@H](O[C@@H]9OC[C@](O)(CO)[C@H]9O)[C@H](O)[C@H]8O)[C@@H](O)[C@H](O)[C@H]7O)CC[C@@]6(C)[C@]5(C)CC[C@H]4C3(C)C)OC[C@H](O)[C@@H]2O)[C@H](O)[C@H](O)[C@H]1O. The first kappa shape index (κ1) is 62.4. The van der Waals surface area contributed by atoms with Gasteiger partial charge in [0.1, 0.15) is 91.1 Å². The van der Waals surface area contributed by atoms with Gasteiger partial charge in [0.25, 0.3) is 0 Å². The van der Waals surface area contributed by atoms with Gasteiger partial charge in [-0.1, -0.05) is 60.1 Å². The third-order valence-electron chi connectivity index (χ3n) is 22.5. The highest BCUT2D eigenvalue weighted by molar-refractivity contribution is 5.79. The van der Waals surface area contributed by atoms with Crippen molar-refractivity contribution in [1.29, 1.82) is 0 Å². The van der Waals surface area contributed by atoms with Crippen molar-refractivity contribution in [3.63, 3.8) is 0 Å². The number of hydrogen-bond acceptors (Lipinski definition) is 24. The largest absolute Gasteiger partial charge is 0.432 e. The summed E-state index contributed by atoms with van der Waals surface area (Å²) in [4.78, 5) is 15.2. The third kappa shape index (κ3) is 10.4. The average molecular weight is 1160 g/mol. The molecule has 0 amide bonds. The van der Waals surface area contributed by atoms with Crippen LogP contribution in [0.2, 0.25) is 0 Å². The lowest BCUT2D eigenvalue weighted by molar-refractivity contribution is -0.364. The summed E-state index contributed by atoms with van der Waals surface area (Å²) in [5.74, 6) is -0.369. The van der Waals surface area contributed by atoms with Gasteiger partial charge in [0.2, 0.25) is 6.29 Å². The number of esters is 1. The second-order valence-corrected chi connectivity index (χ2v) is 27.9. The maximum absolute atomic E-state index is 15.2. The zero-order chi connectivity index (χ0) is 58.9. The number of carbonyl (C=O) groups excluding carboxylic acids is 1. The first-order valence-electron chi connectivity index (χ1n) is 29.4. The van der Waals surface area contributed by atoms with Gasteiger partial charge >= 0.3 is 5.97 Å². The molecule has 24 heteroatoms. The Labute approximate surface area is 472 Å². The molecule has 10 rings (SSSR count). The van der Waals surface area contributed by atoms with E-state index in [-0.39, 0.29) is 58.7 Å². The fourth-order valence-corrected chi connectivity index (χ4v) is 17.0. The molecule has 464 valence electrons. The summed E-state index contributed by atoms with van der Waals surface area (Å²) in [6, 6.07) is 0. The van der Waals surface area contributed by atoms with Gasteiger partial charge in [0, 0.05) is 0 Å². The van der Waals surface area contributed by atoms with E-state index in [2.05, 4.69) is 54.5 Å². The van der Waals surface area contributed by atoms with Crippen LogP contribution in [0.4, 0.5) is 0 Å². The van der Waals surface area contributed by atoms with E-state index in [9.17, 15) is 66.4 Å². The van der Waals surface area contributed by atoms with Crippen molar-refractivity contribution in [2.24, 2.45) is 50.2 Å². The minimum Gasteiger partial charge on any atom is -0.432 e. The highest BCUT2D eigenvalue weighted by Gasteiger charge is 2.70. The van der Waals surface area contributed by atoms with Crippen LogP contribution in [0.25, 0.3) is 0 Å². The molecule has 29 atom stereocenters. The molecule has 10 aliphatic rings. The Bertz CT molecular complexity index is 2270. The zero-order valence-electron chi connectivity index (χ0n) is 47.8. The molecule has 4 saturated carbocycles. The van der Waals surface area contributed by atoms with Crippen molar-refractivity contribution in [2.75, 3.05) is 33.0 Å². The topological polar surface area (TPSA) is 372 Å². The van der Waals surface area contributed by atoms with E-state index in [4.69, 9.17) is 47.4 Å². The van der Waals surface area contributed by atoms with Crippen LogP contribution in [0.3, 0.4) is 0 Å². The van der Waals surface area contributed by atoms with E-state index >= 15 is 4.79 Å². The molecule has 81 heavy (non-hydrogen) atoms. The minimum absolute atomic E-state index is 0.130. The number of hydrogen-bond donors (Lipinski definition) is 13. The van der Waals surface area contributed by atoms with Crippen LogP contribution in [0.1, 0.15) is 120 Å². The quantitative estimate of drug-likeness (QED) is 0.0616. The van der Waals surface area contributed by atoms with Crippen molar-refractivity contribution < 1.29 is 119 Å². The van der Waals surface area contributed by atoms with E-state index in [1.807, 2.05) is 0 Å². The lowest BCUT2D eigenvalue weighted by atomic mass is 9.33. The number of aliphatic hydroxyl groups is 13. The predicted molar refractivity (Wildman–Crippen MR) is 276 cm³/mol. The smallest absolute Gasteiger partial charge is 0.315 e. The van der Waals surface area contributed by atoms with E-state index in [0.717, 1.165) is 32.1 Å². The Kier molecular flexibility index (Phi) is 17.3. The number of carbonyl (C=O) groups is 1. The maximum atomic E-state index is 15.2. The van der Waals surface area contributed by atoms with Gasteiger partial charge in [0.15, 0.2) is 25.2 Å². The Balaban J connectivity index is 0.819. The highest BCUT2D eigenvalue weighted by Crippen LogP contribution is 2.76. The van der Waals surface area contributed by atoms with Gasteiger partial charge in [-0.15, -0.1) is 0 Å². The van der Waals surface area contributed by atoms with Crippen LogP contribution >= 0.6 is 0 Å². The molecule has 0 aromatic heterocycles. The van der Waals surface area contributed by atoms with E-state index < -0.39 is 165 Å². The van der Waals surface area contributed by atoms with Crippen LogP contribution in [0, 0.1) is 50.2 Å². The molecule has 9 fully saturated rings. The number of allylic oxidation sites excluding steroid dienone is 2. The molecule has 0 aromatic carbocycles. The van der Waals surface area contributed by atoms with E-state index in [1.165, 1.54) is 12.5 Å². The molecule has 13 N–H and O–H groups in total. The van der Waals surface area contributed by atoms with Crippen molar-refractivity contribution in [1.82, 2.24) is 0 Å². The zero-order valence-corrected chi connectivity index (χ0v) is 47.8. The van der Waals surface area contributed by atoms with Gasteiger partial charge in [-0.05, 0) is 116 Å². The average Bonchev–Trinajstić information content (AvgIpc) is 3.27. The van der Waals surface area contributed by atoms with Crippen molar-refractivity contribution in [3.05, 3.63) is 11.6 Å². The lowest BCUT2D eigenvalue weighted by Crippen LogP contribution is -2.66. The van der Waals surface area contributed by atoms with Gasteiger partial charge in [-0.2, -0.15) is 0 Å². The summed E-state index contributed by atoms with van der Waals surface area (Å²) in [6.45, 7) is 15.2. The standard InChI is InChI=1S/C57H92O24/c1-25-34(60)38(64)41(67)46(76-25)80-43-35(61)28(59)20-72-48(43)79-33-12-13-53(6)31(52(33,4)5)11-14-55(8)32(53)10-9-26-27-19-51(2,3)15-17-56(27,18-16-54(26,55)7)50(70)81-47-42(68)39(65)36(62)29(77-47)21-73-45-40(66)37(63)30(22-74-45)78-49-44(69)57(71,23-58)24-75-49/h9,25,27-49,58-69,71H,10-24H2,1-8H3/t25-,27-,28-,29+,30-,31-,32+,33-,34-,35-,36+,37-,38+,39-,40+,41+,42+,43+,44-,45-,46-,47-,48-,49-,53-,54+,55+,56-,57+/m0/s1. The number of rotatable bonds is 12. The van der Waals surface area contributed by atoms with Gasteiger partial charge in [0.05, 0.1) is 50.7 Å². The third-order valence-corrected chi connectivity index (χ3v) is 22.5. The normalized spacial score (nSPS) is 54.2. The first-order valence-corrected chi connectivity index (χ1v) is 29.4. The second kappa shape index (κ2) is 22.5. The van der Waals surface area contributed by atoms with Crippen molar-refractivity contribution in [2.45, 2.75) is 254 Å². The summed E-state index contributed by atoms with van der Waals surface area (Å²) >= 11 is 0. The molecule has 0 radical (unpaired) electrons. The van der Waals surface area contributed by atoms with Crippen molar-refractivity contribution >= 4 is 5.97 Å². The molecule has 0 unspecified atom stereocenters. The molecule has 0 spiro atoms. The number of aliphatic hydroxyl groups excluding tert-OH is 12. The van der Waals surface area contributed by atoms with Crippen LogP contribution < -0.4 is 0 Å². The monoisotopic (exact) mass is 1160 g/mol. The van der Waals surface area contributed by atoms with Crippen LogP contribution in [-0.4, -0.2) is 240 Å². The van der Waals surface area contributed by atoms with E-state index in [1.54, 1.807) is 0 Å². The summed E-state index contributed by atoms with van der Waals surface area (Å²) < 4.78 is 59.1.